The molecule has 2 amide bonds. The lowest BCUT2D eigenvalue weighted by atomic mass is 9.97. The van der Waals surface area contributed by atoms with Gasteiger partial charge in [-0.15, -0.1) is 0 Å². The van der Waals surface area contributed by atoms with Crippen LogP contribution in [0.15, 0.2) is 0 Å². The lowest BCUT2D eigenvalue weighted by Crippen LogP contribution is -2.34. The van der Waals surface area contributed by atoms with Crippen molar-refractivity contribution in [3.63, 3.8) is 0 Å². The molecule has 2 fully saturated rings. The van der Waals surface area contributed by atoms with Gasteiger partial charge in [-0.25, -0.2) is 0 Å². The molecule has 2 saturated heterocycles. The van der Waals surface area contributed by atoms with Crippen LogP contribution >= 0.6 is 19.6 Å². The third-order valence-corrected chi connectivity index (χ3v) is 7.59. The van der Waals surface area contributed by atoms with Gasteiger partial charge in [-0.3, -0.25) is 14.2 Å². The van der Waals surface area contributed by atoms with Gasteiger partial charge in [0.2, 0.25) is 11.8 Å². The summed E-state index contributed by atoms with van der Waals surface area (Å²) in [6.45, 7) is 0.292. The molecule has 32 heavy (non-hydrogen) atoms. The molecule has 4 N–H and O–H groups in total. The molecule has 13 heteroatoms. The van der Waals surface area contributed by atoms with E-state index in [4.69, 9.17) is 9.84 Å². The molecular weight excluding hydrogens is 463 g/mol. The Morgan fingerprint density at radius 1 is 1.34 bits per heavy atom. The first-order valence-electron chi connectivity index (χ1n) is 10.7. The zero-order chi connectivity index (χ0) is 24.0. The van der Waals surface area contributed by atoms with Gasteiger partial charge in [0, 0.05) is 51.5 Å². The number of carbonyl (C=O) groups excluding carboxylic acids is 2. The van der Waals surface area contributed by atoms with E-state index in [0.717, 1.165) is 39.2 Å². The van der Waals surface area contributed by atoms with Crippen LogP contribution in [0.25, 0.3) is 0 Å². The maximum atomic E-state index is 11.9. The number of amides is 2. The molecule has 5 atom stereocenters. The summed E-state index contributed by atoms with van der Waals surface area (Å²) in [4.78, 5) is 34.3. The normalized spacial score (nSPS) is 24.7. The van der Waals surface area contributed by atoms with Crippen molar-refractivity contribution in [2.75, 3.05) is 46.3 Å². The highest BCUT2D eigenvalue weighted by molar-refractivity contribution is 8.00. The minimum Gasteiger partial charge on any atom is -0.756 e. The number of rotatable bonds is 15. The van der Waals surface area contributed by atoms with Crippen LogP contribution in [0.3, 0.4) is 0 Å². The van der Waals surface area contributed by atoms with Crippen LogP contribution in [0.4, 0.5) is 0 Å². The molecule has 0 radical (unpaired) electrons. The SMILES string of the molecule is CO.COP(=O)([O-])OCC(O)COCCCNC(=O)CCCCC1SCC2CC(=O)NC21. The maximum absolute atomic E-state index is 11.9. The van der Waals surface area contributed by atoms with Gasteiger partial charge in [0.25, 0.3) is 7.82 Å². The third-order valence-electron chi connectivity index (χ3n) is 5.10. The molecule has 2 aliphatic rings. The molecular formula is C19H36N2O9PS-. The van der Waals surface area contributed by atoms with Crippen molar-refractivity contribution >= 4 is 31.4 Å². The molecule has 2 heterocycles. The quantitative estimate of drug-likeness (QED) is 0.175. The van der Waals surface area contributed by atoms with Crippen molar-refractivity contribution in [1.82, 2.24) is 10.6 Å². The highest BCUT2D eigenvalue weighted by Crippen LogP contribution is 2.39. The zero-order valence-electron chi connectivity index (χ0n) is 18.7. The number of unbranched alkanes of at least 4 members (excludes halogenated alkanes) is 1. The lowest BCUT2D eigenvalue weighted by molar-refractivity contribution is -0.225. The summed E-state index contributed by atoms with van der Waals surface area (Å²) in [6, 6.07) is 0.311. The molecule has 188 valence electrons. The number of thioether (sulfide) groups is 1. The summed E-state index contributed by atoms with van der Waals surface area (Å²) in [5.74, 6) is 1.69. The summed E-state index contributed by atoms with van der Waals surface area (Å²) in [7, 11) is -2.37. The Morgan fingerprint density at radius 3 is 2.81 bits per heavy atom. The van der Waals surface area contributed by atoms with E-state index in [1.807, 2.05) is 11.8 Å². The van der Waals surface area contributed by atoms with Crippen molar-refractivity contribution in [3.05, 3.63) is 0 Å². The van der Waals surface area contributed by atoms with Gasteiger partial charge >= 0.3 is 0 Å². The Hall–Kier alpha value is -0.720. The molecule has 11 nitrogen and oxygen atoms in total. The number of phosphoric acid groups is 1. The smallest absolute Gasteiger partial charge is 0.267 e. The van der Waals surface area contributed by atoms with E-state index in [0.29, 0.717) is 49.6 Å². The molecule has 5 unspecified atom stereocenters. The van der Waals surface area contributed by atoms with E-state index in [2.05, 4.69) is 19.7 Å². The van der Waals surface area contributed by atoms with E-state index in [1.54, 1.807) is 0 Å². The van der Waals surface area contributed by atoms with Crippen LogP contribution in [0.1, 0.15) is 38.5 Å². The van der Waals surface area contributed by atoms with Crippen molar-refractivity contribution < 1.29 is 43.0 Å². The van der Waals surface area contributed by atoms with E-state index in [-0.39, 0.29) is 18.4 Å². The molecule has 0 aliphatic carbocycles. The Bertz CT molecular complexity index is 613. The first-order valence-corrected chi connectivity index (χ1v) is 13.2. The molecule has 2 rings (SSSR count). The molecule has 0 saturated carbocycles. The number of fused-ring (bicyclic) bond motifs is 1. The number of nitrogens with one attached hydrogen (secondary N) is 2. The predicted octanol–water partition coefficient (Wildman–Crippen LogP) is -0.209. The molecule has 0 aromatic heterocycles. The van der Waals surface area contributed by atoms with Gasteiger partial charge in [-0.2, -0.15) is 11.8 Å². The average Bonchev–Trinajstić information content (AvgIpc) is 3.33. The number of ether oxygens (including phenoxy) is 1. The Labute approximate surface area is 193 Å². The highest BCUT2D eigenvalue weighted by atomic mass is 32.2. The number of aliphatic hydroxyl groups excluding tert-OH is 2. The minimum atomic E-state index is -4.34. The molecule has 0 bridgehead atoms. The number of hydrogen-bond acceptors (Lipinski definition) is 10. The van der Waals surface area contributed by atoms with Crippen molar-refractivity contribution in [2.24, 2.45) is 5.92 Å². The Kier molecular flexibility index (Phi) is 14.7. The van der Waals surface area contributed by atoms with Gasteiger partial charge in [-0.05, 0) is 30.9 Å². The second-order valence-corrected chi connectivity index (χ2v) is 10.3. The fourth-order valence-corrected chi connectivity index (χ4v) is 5.63. The van der Waals surface area contributed by atoms with E-state index in [9.17, 15) is 24.2 Å². The first-order chi connectivity index (χ1) is 15.3. The predicted molar refractivity (Wildman–Crippen MR) is 118 cm³/mol. The fraction of sp³-hybridized carbons (Fsp3) is 0.895. The van der Waals surface area contributed by atoms with Crippen LogP contribution in [0.2, 0.25) is 0 Å². The molecule has 2 aliphatic heterocycles. The molecule has 0 spiro atoms. The van der Waals surface area contributed by atoms with Gasteiger partial charge in [0.15, 0.2) is 0 Å². The Morgan fingerprint density at radius 2 is 2.09 bits per heavy atom. The van der Waals surface area contributed by atoms with E-state index in [1.165, 1.54) is 0 Å². The standard InChI is InChI=1S/C18H33N2O8PS.CH4O/c1-26-29(24,25)28-11-14(21)10-27-8-4-7-19-16(22)6-3-2-5-15-18-13(12-30-15)9-17(23)20-18;1-2/h13-15,18,21H,2-12H2,1H3,(H,19,22)(H,20,23)(H,24,25);2H,1H3/p-1. The topological polar surface area (TPSA) is 166 Å². The van der Waals surface area contributed by atoms with Crippen LogP contribution in [-0.4, -0.2) is 85.8 Å². The van der Waals surface area contributed by atoms with Crippen molar-refractivity contribution in [3.8, 4) is 0 Å². The van der Waals surface area contributed by atoms with Crippen LogP contribution in [0, 0.1) is 5.92 Å². The first kappa shape index (κ1) is 29.3. The number of carbonyl (C=O) groups is 2. The molecule has 0 aromatic rings. The van der Waals surface area contributed by atoms with Crippen LogP contribution in [0.5, 0.6) is 0 Å². The van der Waals surface area contributed by atoms with Crippen molar-refractivity contribution in [2.45, 2.75) is 55.9 Å². The van der Waals surface area contributed by atoms with E-state index >= 15 is 0 Å². The van der Waals surface area contributed by atoms with Gasteiger partial charge in [-0.1, -0.05) is 6.42 Å². The fourth-order valence-electron chi connectivity index (χ4n) is 3.52. The van der Waals surface area contributed by atoms with Gasteiger partial charge in [0.05, 0.1) is 13.2 Å². The summed E-state index contributed by atoms with van der Waals surface area (Å²) in [5, 5.41) is 22.9. The average molecular weight is 500 g/mol. The number of aliphatic hydroxyl groups is 2. The second kappa shape index (κ2) is 16.0. The lowest BCUT2D eigenvalue weighted by Gasteiger charge is -2.21. The number of hydrogen-bond donors (Lipinski definition) is 4. The van der Waals surface area contributed by atoms with Gasteiger partial charge < -0.3 is 39.5 Å². The maximum Gasteiger partial charge on any atom is 0.267 e. The summed E-state index contributed by atoms with van der Waals surface area (Å²) in [5.41, 5.74) is 0. The zero-order valence-corrected chi connectivity index (χ0v) is 20.4. The van der Waals surface area contributed by atoms with Crippen LogP contribution in [-0.2, 0) is 27.9 Å². The molecule has 0 aromatic carbocycles. The monoisotopic (exact) mass is 499 g/mol. The second-order valence-electron chi connectivity index (χ2n) is 7.53. The summed E-state index contributed by atoms with van der Waals surface area (Å²) >= 11 is 1.93. The summed E-state index contributed by atoms with van der Waals surface area (Å²) in [6.07, 6.45) is 3.44. The minimum absolute atomic E-state index is 0.000296. The van der Waals surface area contributed by atoms with Crippen molar-refractivity contribution in [1.29, 1.82) is 0 Å². The number of phosphoric ester groups is 1. The van der Waals surface area contributed by atoms with Crippen LogP contribution < -0.4 is 15.5 Å². The highest BCUT2D eigenvalue weighted by Gasteiger charge is 2.42. The largest absolute Gasteiger partial charge is 0.756 e. The third kappa shape index (κ3) is 11.4. The van der Waals surface area contributed by atoms with Gasteiger partial charge in [0.1, 0.15) is 6.10 Å². The van der Waals surface area contributed by atoms with E-state index < -0.39 is 20.5 Å². The Balaban J connectivity index is 0.00000249. The summed E-state index contributed by atoms with van der Waals surface area (Å²) < 4.78 is 24.7.